The zero-order valence-electron chi connectivity index (χ0n) is 19.4. The standard InChI is InChI=1S/C30H25FN2O2/c1-2-20-14-16-21(17-15-20)29(22-8-7-9-23(31)18-22)32-28(34)19-33-26-12-5-3-10-24(26)30(35)25-11-4-6-13-27(25)33/h3-18,29H,2,19H2,1H3,(H,32,34). The number of rotatable bonds is 6. The van der Waals surface area contributed by atoms with Crippen LogP contribution in [0.5, 0.6) is 0 Å². The van der Waals surface area contributed by atoms with Crippen LogP contribution in [0.3, 0.4) is 0 Å². The van der Waals surface area contributed by atoms with Gasteiger partial charge < -0.3 is 9.88 Å². The van der Waals surface area contributed by atoms with E-state index in [2.05, 4.69) is 12.2 Å². The Kier molecular flexibility index (Phi) is 6.15. The number of carbonyl (C=O) groups excluding carboxylic acids is 1. The largest absolute Gasteiger partial charge is 0.344 e. The topological polar surface area (TPSA) is 51.1 Å². The lowest BCUT2D eigenvalue weighted by molar-refractivity contribution is -0.122. The molecule has 1 atom stereocenters. The number of nitrogens with zero attached hydrogens (tertiary/aromatic N) is 1. The molecule has 0 saturated heterocycles. The summed E-state index contributed by atoms with van der Waals surface area (Å²) in [5, 5.41) is 4.23. The molecule has 5 rings (SSSR count). The lowest BCUT2D eigenvalue weighted by Crippen LogP contribution is -2.33. The Balaban J connectivity index is 1.55. The monoisotopic (exact) mass is 464 g/mol. The summed E-state index contributed by atoms with van der Waals surface area (Å²) < 4.78 is 16.0. The summed E-state index contributed by atoms with van der Waals surface area (Å²) in [7, 11) is 0. The Morgan fingerprint density at radius 3 is 2.06 bits per heavy atom. The fourth-order valence-corrected chi connectivity index (χ4v) is 4.59. The third-order valence-electron chi connectivity index (χ3n) is 6.39. The minimum atomic E-state index is -0.513. The summed E-state index contributed by atoms with van der Waals surface area (Å²) in [5.41, 5.74) is 4.06. The van der Waals surface area contributed by atoms with E-state index in [0.29, 0.717) is 27.4 Å². The van der Waals surface area contributed by atoms with Gasteiger partial charge >= 0.3 is 0 Å². The molecular weight excluding hydrogens is 439 g/mol. The van der Waals surface area contributed by atoms with Crippen molar-refractivity contribution in [2.45, 2.75) is 25.9 Å². The Labute approximate surface area is 202 Å². The van der Waals surface area contributed by atoms with Crippen LogP contribution in [-0.2, 0) is 17.8 Å². The fourth-order valence-electron chi connectivity index (χ4n) is 4.59. The first-order chi connectivity index (χ1) is 17.0. The number of benzene rings is 4. The van der Waals surface area contributed by atoms with Gasteiger partial charge in [0.1, 0.15) is 12.4 Å². The number of fused-ring (bicyclic) bond motifs is 2. The predicted molar refractivity (Wildman–Crippen MR) is 138 cm³/mol. The highest BCUT2D eigenvalue weighted by atomic mass is 19.1. The zero-order chi connectivity index (χ0) is 24.4. The highest BCUT2D eigenvalue weighted by Crippen LogP contribution is 2.24. The van der Waals surface area contributed by atoms with Crippen molar-refractivity contribution in [2.75, 3.05) is 0 Å². The van der Waals surface area contributed by atoms with Gasteiger partial charge in [0.2, 0.25) is 5.91 Å². The molecule has 0 aliphatic heterocycles. The van der Waals surface area contributed by atoms with Gasteiger partial charge in [-0.2, -0.15) is 0 Å². The normalized spacial score (nSPS) is 12.1. The molecule has 4 nitrogen and oxygen atoms in total. The van der Waals surface area contributed by atoms with Gasteiger partial charge in [0.25, 0.3) is 0 Å². The van der Waals surface area contributed by atoms with Crippen LogP contribution in [0, 0.1) is 5.82 Å². The number of aryl methyl sites for hydroxylation is 1. The summed E-state index contributed by atoms with van der Waals surface area (Å²) in [4.78, 5) is 26.5. The van der Waals surface area contributed by atoms with Gasteiger partial charge in [-0.3, -0.25) is 9.59 Å². The second kappa shape index (κ2) is 9.55. The van der Waals surface area contributed by atoms with E-state index in [1.807, 2.05) is 71.3 Å². The van der Waals surface area contributed by atoms with Crippen LogP contribution in [0.25, 0.3) is 21.8 Å². The number of amides is 1. The van der Waals surface area contributed by atoms with Crippen molar-refractivity contribution in [2.24, 2.45) is 0 Å². The third-order valence-corrected chi connectivity index (χ3v) is 6.39. The molecule has 0 aliphatic rings. The second-order valence-electron chi connectivity index (χ2n) is 8.60. The highest BCUT2D eigenvalue weighted by Gasteiger charge is 2.19. The van der Waals surface area contributed by atoms with Crippen molar-refractivity contribution in [3.63, 3.8) is 0 Å². The summed E-state index contributed by atoms with van der Waals surface area (Å²) >= 11 is 0. The van der Waals surface area contributed by atoms with E-state index in [-0.39, 0.29) is 23.7 Å². The summed E-state index contributed by atoms with van der Waals surface area (Å²) in [6, 6.07) is 28.4. The van der Waals surface area contributed by atoms with E-state index in [1.165, 1.54) is 17.7 Å². The maximum Gasteiger partial charge on any atom is 0.240 e. The molecule has 1 N–H and O–H groups in total. The summed E-state index contributed by atoms with van der Waals surface area (Å²) in [5.74, 6) is -0.595. The number of carbonyl (C=O) groups is 1. The number of pyridine rings is 1. The number of hydrogen-bond donors (Lipinski definition) is 1. The number of para-hydroxylation sites is 2. The van der Waals surface area contributed by atoms with Gasteiger partial charge in [-0.05, 0) is 59.5 Å². The third kappa shape index (κ3) is 4.45. The molecule has 1 aromatic heterocycles. The van der Waals surface area contributed by atoms with E-state index in [9.17, 15) is 14.0 Å². The van der Waals surface area contributed by atoms with Crippen molar-refractivity contribution in [1.29, 1.82) is 0 Å². The Bertz CT molecular complexity index is 1530. The van der Waals surface area contributed by atoms with Gasteiger partial charge in [0.05, 0.1) is 17.1 Å². The molecule has 0 fully saturated rings. The van der Waals surface area contributed by atoms with E-state index in [0.717, 1.165) is 12.0 Å². The first kappa shape index (κ1) is 22.5. The van der Waals surface area contributed by atoms with Crippen molar-refractivity contribution < 1.29 is 9.18 Å². The Morgan fingerprint density at radius 2 is 1.46 bits per heavy atom. The Hall–Kier alpha value is -4.25. The first-order valence-corrected chi connectivity index (χ1v) is 11.7. The van der Waals surface area contributed by atoms with E-state index in [4.69, 9.17) is 0 Å². The van der Waals surface area contributed by atoms with Gasteiger partial charge in [0, 0.05) is 10.8 Å². The predicted octanol–water partition coefficient (Wildman–Crippen LogP) is 5.76. The van der Waals surface area contributed by atoms with Crippen LogP contribution in [-0.4, -0.2) is 10.5 Å². The van der Waals surface area contributed by atoms with Crippen LogP contribution < -0.4 is 10.7 Å². The minimum absolute atomic E-state index is 0.0141. The van der Waals surface area contributed by atoms with E-state index < -0.39 is 6.04 Å². The maximum atomic E-state index is 14.1. The maximum absolute atomic E-state index is 14.1. The lowest BCUT2D eigenvalue weighted by Gasteiger charge is -2.22. The molecule has 35 heavy (non-hydrogen) atoms. The second-order valence-corrected chi connectivity index (χ2v) is 8.60. The van der Waals surface area contributed by atoms with E-state index in [1.54, 1.807) is 18.2 Å². The minimum Gasteiger partial charge on any atom is -0.344 e. The number of halogens is 1. The van der Waals surface area contributed by atoms with Crippen molar-refractivity contribution >= 4 is 27.7 Å². The zero-order valence-corrected chi connectivity index (χ0v) is 19.4. The smallest absolute Gasteiger partial charge is 0.240 e. The van der Waals surface area contributed by atoms with Gasteiger partial charge in [-0.15, -0.1) is 0 Å². The average molecular weight is 465 g/mol. The molecule has 1 unspecified atom stereocenters. The number of hydrogen-bond acceptors (Lipinski definition) is 2. The molecule has 5 heteroatoms. The molecule has 0 radical (unpaired) electrons. The van der Waals surface area contributed by atoms with Crippen LogP contribution in [0.2, 0.25) is 0 Å². The molecule has 1 amide bonds. The summed E-state index contributed by atoms with van der Waals surface area (Å²) in [6.07, 6.45) is 0.907. The average Bonchev–Trinajstić information content (AvgIpc) is 2.90. The van der Waals surface area contributed by atoms with Crippen molar-refractivity contribution in [1.82, 2.24) is 9.88 Å². The van der Waals surface area contributed by atoms with Crippen LogP contribution in [0.15, 0.2) is 102 Å². The number of aromatic nitrogens is 1. The molecule has 4 aromatic carbocycles. The van der Waals surface area contributed by atoms with Crippen molar-refractivity contribution in [3.05, 3.63) is 130 Å². The Morgan fingerprint density at radius 1 is 0.829 bits per heavy atom. The molecular formula is C30H25FN2O2. The van der Waals surface area contributed by atoms with Crippen LogP contribution in [0.1, 0.15) is 29.7 Å². The lowest BCUT2D eigenvalue weighted by atomic mass is 9.97. The summed E-state index contributed by atoms with van der Waals surface area (Å²) in [6.45, 7) is 2.10. The molecule has 0 spiro atoms. The molecule has 0 aliphatic carbocycles. The highest BCUT2D eigenvalue weighted by molar-refractivity contribution is 5.94. The molecule has 0 bridgehead atoms. The molecule has 174 valence electrons. The first-order valence-electron chi connectivity index (χ1n) is 11.7. The van der Waals surface area contributed by atoms with Crippen molar-refractivity contribution in [3.8, 4) is 0 Å². The van der Waals surface area contributed by atoms with Crippen LogP contribution in [0.4, 0.5) is 4.39 Å². The molecule has 0 saturated carbocycles. The molecule has 5 aromatic rings. The van der Waals surface area contributed by atoms with Crippen LogP contribution >= 0.6 is 0 Å². The van der Waals surface area contributed by atoms with Gasteiger partial charge in [0.15, 0.2) is 5.43 Å². The fraction of sp³-hybridized carbons (Fsp3) is 0.133. The SMILES string of the molecule is CCc1ccc(C(NC(=O)Cn2c3ccccc3c(=O)c3ccccc32)c2cccc(F)c2)cc1. The van der Waals surface area contributed by atoms with Gasteiger partial charge in [-0.1, -0.05) is 67.6 Å². The number of nitrogens with one attached hydrogen (secondary N) is 1. The van der Waals surface area contributed by atoms with E-state index >= 15 is 0 Å². The quantitative estimate of drug-likeness (QED) is 0.325. The van der Waals surface area contributed by atoms with Gasteiger partial charge in [-0.25, -0.2) is 4.39 Å². The molecule has 1 heterocycles.